The molecule has 1 aliphatic heterocycles. The van der Waals surface area contributed by atoms with Crippen molar-refractivity contribution in [2.75, 3.05) is 36.4 Å². The number of fused-ring (bicyclic) bond motifs is 2. The SMILES string of the molecule is CCC(C)(C)C(=O)Nc1cccc(-c2nc(Nc3ccc4c(c3)CNN4)c3cc(OCCOC)ccc3n2)c1. The smallest absolute Gasteiger partial charge is 0.230 e. The lowest BCUT2D eigenvalue weighted by molar-refractivity contribution is -0.124. The van der Waals surface area contributed by atoms with Crippen molar-refractivity contribution in [2.24, 2.45) is 5.41 Å². The molecule has 1 aromatic heterocycles. The average Bonchev–Trinajstić information content (AvgIpc) is 3.41. The number of carbonyl (C=O) groups is 1. The van der Waals surface area contributed by atoms with Crippen molar-refractivity contribution in [3.05, 3.63) is 66.2 Å². The van der Waals surface area contributed by atoms with E-state index >= 15 is 0 Å². The van der Waals surface area contributed by atoms with E-state index in [0.29, 0.717) is 36.3 Å². The molecule has 1 aliphatic rings. The molecule has 202 valence electrons. The predicted molar refractivity (Wildman–Crippen MR) is 155 cm³/mol. The highest BCUT2D eigenvalue weighted by atomic mass is 16.5. The number of hydrogen-bond donors (Lipinski definition) is 4. The third kappa shape index (κ3) is 5.94. The molecule has 0 radical (unpaired) electrons. The van der Waals surface area contributed by atoms with Crippen molar-refractivity contribution in [3.8, 4) is 17.1 Å². The molecule has 0 fully saturated rings. The van der Waals surface area contributed by atoms with Gasteiger partial charge in [0, 0.05) is 41.4 Å². The minimum absolute atomic E-state index is 0.0227. The van der Waals surface area contributed by atoms with Crippen molar-refractivity contribution < 1.29 is 14.3 Å². The van der Waals surface area contributed by atoms with Gasteiger partial charge < -0.3 is 25.5 Å². The van der Waals surface area contributed by atoms with Crippen LogP contribution in [0.1, 0.15) is 32.8 Å². The first kappa shape index (κ1) is 26.4. The van der Waals surface area contributed by atoms with Crippen molar-refractivity contribution in [1.29, 1.82) is 0 Å². The highest BCUT2D eigenvalue weighted by molar-refractivity contribution is 5.96. The second-order valence-electron chi connectivity index (χ2n) is 10.2. The predicted octanol–water partition coefficient (Wildman–Crippen LogP) is 5.87. The van der Waals surface area contributed by atoms with Crippen molar-refractivity contribution in [3.63, 3.8) is 0 Å². The first-order valence-corrected chi connectivity index (χ1v) is 13.1. The maximum Gasteiger partial charge on any atom is 0.230 e. The number of anilines is 4. The molecule has 39 heavy (non-hydrogen) atoms. The largest absolute Gasteiger partial charge is 0.491 e. The van der Waals surface area contributed by atoms with Gasteiger partial charge in [0.25, 0.3) is 0 Å². The van der Waals surface area contributed by atoms with E-state index in [-0.39, 0.29) is 5.91 Å². The van der Waals surface area contributed by atoms with E-state index in [9.17, 15) is 4.79 Å². The Morgan fingerprint density at radius 2 is 1.90 bits per heavy atom. The van der Waals surface area contributed by atoms with Gasteiger partial charge in [-0.3, -0.25) is 4.79 Å². The summed E-state index contributed by atoms with van der Waals surface area (Å²) >= 11 is 0. The van der Waals surface area contributed by atoms with Crippen LogP contribution in [0.15, 0.2) is 60.7 Å². The molecule has 2 heterocycles. The monoisotopic (exact) mass is 526 g/mol. The van der Waals surface area contributed by atoms with Crippen LogP contribution in [0.2, 0.25) is 0 Å². The van der Waals surface area contributed by atoms with Gasteiger partial charge in [-0.05, 0) is 60.5 Å². The third-order valence-corrected chi connectivity index (χ3v) is 6.97. The zero-order valence-electron chi connectivity index (χ0n) is 22.7. The van der Waals surface area contributed by atoms with Gasteiger partial charge in [-0.1, -0.05) is 32.9 Å². The van der Waals surface area contributed by atoms with Gasteiger partial charge in [-0.2, -0.15) is 0 Å². The summed E-state index contributed by atoms with van der Waals surface area (Å²) in [7, 11) is 1.65. The lowest BCUT2D eigenvalue weighted by Crippen LogP contribution is -2.29. The number of aromatic nitrogens is 2. The topological polar surface area (TPSA) is 109 Å². The van der Waals surface area contributed by atoms with E-state index in [4.69, 9.17) is 19.4 Å². The summed E-state index contributed by atoms with van der Waals surface area (Å²) in [5.74, 6) is 1.90. The number of benzene rings is 3. The zero-order valence-corrected chi connectivity index (χ0v) is 22.7. The van der Waals surface area contributed by atoms with Gasteiger partial charge in [0.05, 0.1) is 17.8 Å². The second kappa shape index (κ2) is 11.3. The molecule has 3 aromatic carbocycles. The Morgan fingerprint density at radius 3 is 2.72 bits per heavy atom. The molecule has 0 bridgehead atoms. The first-order chi connectivity index (χ1) is 18.9. The molecule has 5 rings (SSSR count). The molecule has 9 nitrogen and oxygen atoms in total. The number of carbonyl (C=O) groups excluding carboxylic acids is 1. The summed E-state index contributed by atoms with van der Waals surface area (Å²) in [4.78, 5) is 22.6. The number of nitrogens with zero attached hydrogens (tertiary/aromatic N) is 2. The minimum Gasteiger partial charge on any atom is -0.491 e. The maximum absolute atomic E-state index is 12.8. The molecular formula is C30H34N6O3. The first-order valence-electron chi connectivity index (χ1n) is 13.1. The van der Waals surface area contributed by atoms with Crippen molar-refractivity contribution in [1.82, 2.24) is 15.4 Å². The Labute approximate surface area is 228 Å². The van der Waals surface area contributed by atoms with Crippen molar-refractivity contribution >= 4 is 39.7 Å². The molecule has 1 amide bonds. The number of ether oxygens (including phenoxy) is 2. The molecule has 0 aliphatic carbocycles. The standard InChI is InChI=1S/C30H34N6O3/c1-5-30(2,3)29(37)33-21-8-6-7-19(15-21)27-34-26-12-10-23(39-14-13-38-4)17-24(26)28(35-27)32-22-9-11-25-20(16-22)18-31-36-25/h6-12,15-17,31,36H,5,13-14,18H2,1-4H3,(H,33,37)(H,32,34,35). The van der Waals surface area contributed by atoms with E-state index in [1.807, 2.05) is 75.4 Å². The molecule has 0 spiro atoms. The minimum atomic E-state index is -0.462. The molecule has 0 unspecified atom stereocenters. The summed E-state index contributed by atoms with van der Waals surface area (Å²) in [5.41, 5.74) is 11.3. The quantitative estimate of drug-likeness (QED) is 0.190. The van der Waals surface area contributed by atoms with Crippen LogP contribution in [0.5, 0.6) is 5.75 Å². The highest BCUT2D eigenvalue weighted by Gasteiger charge is 2.25. The van der Waals surface area contributed by atoms with E-state index < -0.39 is 5.41 Å². The van der Waals surface area contributed by atoms with Gasteiger partial charge in [0.2, 0.25) is 5.91 Å². The number of hydrogen-bond acceptors (Lipinski definition) is 8. The van der Waals surface area contributed by atoms with Crippen LogP contribution in [0.3, 0.4) is 0 Å². The Balaban J connectivity index is 1.52. The molecular weight excluding hydrogens is 492 g/mol. The number of rotatable bonds is 10. The van der Waals surface area contributed by atoms with Crippen LogP contribution in [0, 0.1) is 5.41 Å². The van der Waals surface area contributed by atoms with Gasteiger partial charge in [-0.25, -0.2) is 15.4 Å². The highest BCUT2D eigenvalue weighted by Crippen LogP contribution is 2.33. The van der Waals surface area contributed by atoms with Crippen LogP contribution < -0.4 is 26.2 Å². The van der Waals surface area contributed by atoms with E-state index in [0.717, 1.165) is 40.8 Å². The Morgan fingerprint density at radius 1 is 1.03 bits per heavy atom. The summed E-state index contributed by atoms with van der Waals surface area (Å²) in [6, 6.07) is 19.5. The molecule has 0 saturated carbocycles. The fourth-order valence-corrected chi connectivity index (χ4v) is 4.17. The van der Waals surface area contributed by atoms with Crippen LogP contribution >= 0.6 is 0 Å². The Bertz CT molecular complexity index is 1500. The number of nitrogens with one attached hydrogen (secondary N) is 4. The van der Waals surface area contributed by atoms with Crippen LogP contribution in [0.25, 0.3) is 22.3 Å². The Kier molecular flexibility index (Phi) is 7.63. The van der Waals surface area contributed by atoms with Gasteiger partial charge in [0.15, 0.2) is 5.82 Å². The lowest BCUT2D eigenvalue weighted by Gasteiger charge is -2.21. The van der Waals surface area contributed by atoms with E-state index in [2.05, 4.69) is 27.6 Å². The molecule has 4 N–H and O–H groups in total. The maximum atomic E-state index is 12.8. The number of methoxy groups -OCH3 is 1. The third-order valence-electron chi connectivity index (χ3n) is 6.97. The van der Waals surface area contributed by atoms with E-state index in [1.165, 1.54) is 5.56 Å². The fourth-order valence-electron chi connectivity index (χ4n) is 4.17. The molecule has 4 aromatic rings. The van der Waals surface area contributed by atoms with Crippen molar-refractivity contribution in [2.45, 2.75) is 33.7 Å². The number of hydrazine groups is 1. The zero-order chi connectivity index (χ0) is 27.4. The van der Waals surface area contributed by atoms with Gasteiger partial charge >= 0.3 is 0 Å². The summed E-state index contributed by atoms with van der Waals surface area (Å²) in [6.07, 6.45) is 0.743. The van der Waals surface area contributed by atoms with Gasteiger partial charge in [-0.15, -0.1) is 0 Å². The second-order valence-corrected chi connectivity index (χ2v) is 10.2. The van der Waals surface area contributed by atoms with Crippen LogP contribution in [-0.2, 0) is 16.1 Å². The van der Waals surface area contributed by atoms with Crippen LogP contribution in [0.4, 0.5) is 22.9 Å². The number of amides is 1. The molecule has 9 heteroatoms. The average molecular weight is 527 g/mol. The molecule has 0 saturated heterocycles. The molecule has 0 atom stereocenters. The summed E-state index contributed by atoms with van der Waals surface area (Å²) in [6.45, 7) is 7.57. The van der Waals surface area contributed by atoms with Crippen LogP contribution in [-0.4, -0.2) is 36.2 Å². The summed E-state index contributed by atoms with van der Waals surface area (Å²) in [5, 5.41) is 7.37. The normalized spacial score (nSPS) is 12.6. The summed E-state index contributed by atoms with van der Waals surface area (Å²) < 4.78 is 11.0. The fraction of sp³-hybridized carbons (Fsp3) is 0.300. The van der Waals surface area contributed by atoms with Gasteiger partial charge in [0.1, 0.15) is 18.2 Å². The van der Waals surface area contributed by atoms with E-state index in [1.54, 1.807) is 7.11 Å². The Hall–Kier alpha value is -4.21. The lowest BCUT2D eigenvalue weighted by atomic mass is 9.89.